The first-order valence-corrected chi connectivity index (χ1v) is 11.3. The molecule has 2 heterocycles. The van der Waals surface area contributed by atoms with Crippen molar-refractivity contribution in [3.8, 4) is 0 Å². The quantitative estimate of drug-likeness (QED) is 0.320. The molecule has 3 rings (SSSR count). The molecule has 2 amide bonds. The topological polar surface area (TPSA) is 177 Å². The maximum absolute atomic E-state index is 13.4. The van der Waals surface area contributed by atoms with Gasteiger partial charge in [-0.05, 0) is 17.9 Å². The number of carboxylic acid groups (broad SMARTS) is 1. The second kappa shape index (κ2) is 12.2. The molecule has 2 aromatic rings. The first-order valence-electron chi connectivity index (χ1n) is 11.3. The number of carbonyl (C=O) groups is 4. The van der Waals surface area contributed by atoms with Gasteiger partial charge in [-0.1, -0.05) is 44.2 Å². The largest absolute Gasteiger partial charge is 0.552 e. The van der Waals surface area contributed by atoms with Crippen LogP contribution in [0.3, 0.4) is 0 Å². The fourth-order valence-corrected chi connectivity index (χ4v) is 3.66. The molecule has 12 nitrogen and oxygen atoms in total. The summed E-state index contributed by atoms with van der Waals surface area (Å²) in [6.07, 6.45) is 0.569. The number of aromatic nitrogens is 2. The first-order chi connectivity index (χ1) is 17.2. The Morgan fingerprint density at radius 2 is 1.86 bits per heavy atom. The molecule has 4 atom stereocenters. The number of hydrogen-bond acceptors (Lipinski definition) is 9. The number of rotatable bonds is 10. The van der Waals surface area contributed by atoms with Crippen molar-refractivity contribution < 1.29 is 38.7 Å². The van der Waals surface area contributed by atoms with Crippen molar-refractivity contribution in [2.75, 3.05) is 0 Å². The number of amides is 2. The SMILES string of the molecule is CC(C)C[C@H](NC(=O)[C@H](Cc1ccccc1)NC(=O)c1cnccn1)B1OC(=O)[C@@H](O)[C@H](C(=O)O)O1. The highest BCUT2D eigenvalue weighted by Gasteiger charge is 2.49. The zero-order valence-electron chi connectivity index (χ0n) is 19.7. The second-order valence-corrected chi connectivity index (χ2v) is 8.70. The number of carbonyl (C=O) groups excluding carboxylic acids is 3. The molecule has 1 fully saturated rings. The monoisotopic (exact) mass is 498 g/mol. The van der Waals surface area contributed by atoms with Crippen LogP contribution in [0.2, 0.25) is 0 Å². The van der Waals surface area contributed by atoms with Crippen molar-refractivity contribution >= 4 is 30.9 Å². The Balaban J connectivity index is 1.82. The Morgan fingerprint density at radius 1 is 1.14 bits per heavy atom. The number of benzene rings is 1. The summed E-state index contributed by atoms with van der Waals surface area (Å²) in [7, 11) is -1.46. The van der Waals surface area contributed by atoms with E-state index < -0.39 is 55.1 Å². The second-order valence-electron chi connectivity index (χ2n) is 8.70. The summed E-state index contributed by atoms with van der Waals surface area (Å²) in [6.45, 7) is 3.70. The fourth-order valence-electron chi connectivity index (χ4n) is 3.66. The van der Waals surface area contributed by atoms with Gasteiger partial charge in [-0.25, -0.2) is 9.78 Å². The van der Waals surface area contributed by atoms with Crippen LogP contribution in [-0.4, -0.2) is 75.2 Å². The van der Waals surface area contributed by atoms with Gasteiger partial charge in [0, 0.05) is 18.8 Å². The van der Waals surface area contributed by atoms with Crippen molar-refractivity contribution in [1.82, 2.24) is 20.6 Å². The van der Waals surface area contributed by atoms with Gasteiger partial charge in [0.25, 0.3) is 5.91 Å². The van der Waals surface area contributed by atoms with Gasteiger partial charge in [0.15, 0.2) is 12.2 Å². The number of nitrogens with one attached hydrogen (secondary N) is 2. The number of aliphatic hydroxyl groups excluding tert-OH is 1. The Kier molecular flexibility index (Phi) is 9.09. The van der Waals surface area contributed by atoms with Crippen LogP contribution in [-0.2, 0) is 30.1 Å². The predicted octanol–water partition coefficient (Wildman–Crippen LogP) is -0.236. The third kappa shape index (κ3) is 7.09. The van der Waals surface area contributed by atoms with E-state index in [1.807, 2.05) is 19.9 Å². The van der Waals surface area contributed by atoms with Gasteiger partial charge >= 0.3 is 19.1 Å². The summed E-state index contributed by atoms with van der Waals surface area (Å²) in [5.41, 5.74) is 0.789. The van der Waals surface area contributed by atoms with E-state index in [9.17, 15) is 29.4 Å². The lowest BCUT2D eigenvalue weighted by molar-refractivity contribution is -0.172. The average Bonchev–Trinajstić information content (AvgIpc) is 2.85. The molecule has 13 heteroatoms. The van der Waals surface area contributed by atoms with E-state index in [1.165, 1.54) is 18.6 Å². The van der Waals surface area contributed by atoms with E-state index in [2.05, 4.69) is 20.6 Å². The van der Waals surface area contributed by atoms with Gasteiger partial charge in [0.2, 0.25) is 5.91 Å². The third-order valence-corrected chi connectivity index (χ3v) is 5.37. The minimum absolute atomic E-state index is 0.0184. The minimum atomic E-state index is -1.99. The Labute approximate surface area is 207 Å². The van der Waals surface area contributed by atoms with Crippen LogP contribution >= 0.6 is 0 Å². The van der Waals surface area contributed by atoms with Crippen LogP contribution < -0.4 is 10.6 Å². The zero-order chi connectivity index (χ0) is 26.2. The van der Waals surface area contributed by atoms with Crippen molar-refractivity contribution in [2.45, 2.75) is 50.9 Å². The van der Waals surface area contributed by atoms with Gasteiger partial charge in [-0.3, -0.25) is 19.4 Å². The molecule has 0 aliphatic carbocycles. The maximum atomic E-state index is 13.4. The predicted molar refractivity (Wildman–Crippen MR) is 125 cm³/mol. The Hall–Kier alpha value is -3.84. The third-order valence-electron chi connectivity index (χ3n) is 5.37. The van der Waals surface area contributed by atoms with Gasteiger partial charge in [-0.15, -0.1) is 0 Å². The zero-order valence-corrected chi connectivity index (χ0v) is 19.7. The molecule has 1 aliphatic heterocycles. The molecule has 0 saturated carbocycles. The van der Waals surface area contributed by atoms with Crippen LogP contribution in [0.25, 0.3) is 0 Å². The highest BCUT2D eigenvalue weighted by Crippen LogP contribution is 2.19. The lowest BCUT2D eigenvalue weighted by Gasteiger charge is -2.33. The number of nitrogens with zero attached hydrogens (tertiary/aromatic N) is 2. The lowest BCUT2D eigenvalue weighted by Crippen LogP contribution is -2.62. The standard InChI is InChI=1S/C23H27BN4O8/c1-13(2)10-17(24-35-19(22(32)33)18(29)23(34)36-24)28-20(30)15(11-14-6-4-3-5-7-14)27-21(31)16-12-25-8-9-26-16/h3-9,12-13,15,17-19,29H,10-11H2,1-2H3,(H,27,31)(H,28,30)(H,32,33)/t15-,17-,18-,19+/m0/s1. The Bertz CT molecular complexity index is 1070. The number of aliphatic hydroxyl groups is 1. The Morgan fingerprint density at radius 3 is 2.47 bits per heavy atom. The van der Waals surface area contributed by atoms with E-state index in [0.717, 1.165) is 5.56 Å². The summed E-state index contributed by atoms with van der Waals surface area (Å²) in [5.74, 6) is -4.92. The molecule has 190 valence electrons. The van der Waals surface area contributed by atoms with Crippen LogP contribution in [0.5, 0.6) is 0 Å². The summed E-state index contributed by atoms with van der Waals surface area (Å²) in [6, 6.07) is 7.94. The van der Waals surface area contributed by atoms with Crippen molar-refractivity contribution in [3.05, 3.63) is 60.2 Å². The van der Waals surface area contributed by atoms with Gasteiger partial charge < -0.3 is 30.2 Å². The molecule has 4 N–H and O–H groups in total. The number of carboxylic acids is 1. The normalized spacial score (nSPS) is 19.2. The molecule has 1 aromatic heterocycles. The molecular formula is C23H27BN4O8. The van der Waals surface area contributed by atoms with E-state index in [-0.39, 0.29) is 24.5 Å². The first kappa shape index (κ1) is 26.8. The van der Waals surface area contributed by atoms with Crippen LogP contribution in [0.1, 0.15) is 36.3 Å². The summed E-state index contributed by atoms with van der Waals surface area (Å²) in [5, 5.41) is 24.5. The van der Waals surface area contributed by atoms with Crippen molar-refractivity contribution in [1.29, 1.82) is 0 Å². The molecule has 1 saturated heterocycles. The van der Waals surface area contributed by atoms with Crippen LogP contribution in [0.4, 0.5) is 0 Å². The lowest BCUT2D eigenvalue weighted by atomic mass is 9.72. The van der Waals surface area contributed by atoms with Crippen LogP contribution in [0, 0.1) is 5.92 Å². The average molecular weight is 498 g/mol. The minimum Gasteiger partial charge on any atom is -0.506 e. The van der Waals surface area contributed by atoms with E-state index in [1.54, 1.807) is 24.3 Å². The summed E-state index contributed by atoms with van der Waals surface area (Å²) >= 11 is 0. The summed E-state index contributed by atoms with van der Waals surface area (Å²) in [4.78, 5) is 57.5. The molecule has 36 heavy (non-hydrogen) atoms. The van der Waals surface area contributed by atoms with Gasteiger partial charge in [0.1, 0.15) is 11.7 Å². The fraction of sp³-hybridized carbons (Fsp3) is 0.391. The molecule has 1 aliphatic rings. The molecule has 0 spiro atoms. The smallest absolute Gasteiger partial charge is 0.506 e. The molecule has 1 aromatic carbocycles. The highest BCUT2D eigenvalue weighted by atomic mass is 16.7. The van der Waals surface area contributed by atoms with Gasteiger partial charge in [0.05, 0.1) is 12.1 Å². The molecular weight excluding hydrogens is 471 g/mol. The molecule has 0 bridgehead atoms. The van der Waals surface area contributed by atoms with Crippen molar-refractivity contribution in [3.63, 3.8) is 0 Å². The maximum Gasteiger partial charge on any atom is 0.552 e. The van der Waals surface area contributed by atoms with Crippen molar-refractivity contribution in [2.24, 2.45) is 5.92 Å². The molecule has 0 unspecified atom stereocenters. The molecule has 0 radical (unpaired) electrons. The number of aliphatic carboxylic acids is 1. The summed E-state index contributed by atoms with van der Waals surface area (Å²) < 4.78 is 10.4. The number of hydrogen-bond donors (Lipinski definition) is 4. The van der Waals surface area contributed by atoms with Crippen LogP contribution in [0.15, 0.2) is 48.9 Å². The van der Waals surface area contributed by atoms with E-state index in [0.29, 0.717) is 0 Å². The van der Waals surface area contributed by atoms with E-state index >= 15 is 0 Å². The van der Waals surface area contributed by atoms with Gasteiger partial charge in [-0.2, -0.15) is 0 Å². The van der Waals surface area contributed by atoms with E-state index in [4.69, 9.17) is 9.31 Å². The highest BCUT2D eigenvalue weighted by molar-refractivity contribution is 6.50.